The lowest BCUT2D eigenvalue weighted by atomic mass is 9.96. The highest BCUT2D eigenvalue weighted by Crippen LogP contribution is 2.22. The van der Waals surface area contributed by atoms with Crippen LogP contribution in [0.25, 0.3) is 5.52 Å². The fourth-order valence-corrected chi connectivity index (χ4v) is 2.35. The maximum atomic E-state index is 12.5. The molecule has 2 heterocycles. The van der Waals surface area contributed by atoms with Crippen LogP contribution in [0.1, 0.15) is 50.2 Å². The molecule has 0 aliphatic heterocycles. The predicted molar refractivity (Wildman–Crippen MR) is 77.5 cm³/mol. The van der Waals surface area contributed by atoms with E-state index in [1.165, 1.54) is 0 Å². The van der Waals surface area contributed by atoms with Crippen molar-refractivity contribution < 1.29 is 4.79 Å². The van der Waals surface area contributed by atoms with E-state index in [9.17, 15) is 4.79 Å². The van der Waals surface area contributed by atoms with E-state index < -0.39 is 0 Å². The van der Waals surface area contributed by atoms with Crippen molar-refractivity contribution in [2.45, 2.75) is 40.5 Å². The number of nitrogens with zero attached hydrogens (tertiary/aromatic N) is 2. The van der Waals surface area contributed by atoms with Crippen molar-refractivity contribution in [3.63, 3.8) is 0 Å². The molecule has 0 bridgehead atoms. The van der Waals surface area contributed by atoms with Crippen LogP contribution in [0.5, 0.6) is 0 Å². The number of carbonyl (C=O) groups is 1. The number of hydrogen-bond acceptors (Lipinski definition) is 2. The van der Waals surface area contributed by atoms with Crippen LogP contribution in [-0.2, 0) is 6.42 Å². The number of ketones is 1. The Morgan fingerprint density at radius 2 is 1.95 bits per heavy atom. The molecule has 0 saturated heterocycles. The second kappa shape index (κ2) is 5.55. The molecule has 0 fully saturated rings. The molecule has 0 spiro atoms. The first-order chi connectivity index (χ1) is 8.99. The summed E-state index contributed by atoms with van der Waals surface area (Å²) < 4.78 is 1.82. The number of carbonyl (C=O) groups excluding carboxylic acids is 1. The molecule has 0 aliphatic carbocycles. The maximum absolute atomic E-state index is 12.5. The zero-order chi connectivity index (χ0) is 14.0. The Bertz CT molecular complexity index is 581. The van der Waals surface area contributed by atoms with Crippen LogP contribution >= 0.6 is 0 Å². The van der Waals surface area contributed by atoms with Gasteiger partial charge in [-0.2, -0.15) is 5.10 Å². The molecule has 0 atom stereocenters. The maximum Gasteiger partial charge on any atom is 0.167 e. The molecule has 3 heteroatoms. The summed E-state index contributed by atoms with van der Waals surface area (Å²) in [6.07, 6.45) is 3.34. The molecule has 0 saturated carbocycles. The Hall–Kier alpha value is -1.64. The third-order valence-electron chi connectivity index (χ3n) is 3.09. The Labute approximate surface area is 114 Å². The van der Waals surface area contributed by atoms with Crippen molar-refractivity contribution >= 4 is 11.3 Å². The Balaban J connectivity index is 2.50. The average Bonchev–Trinajstić information content (AvgIpc) is 2.64. The smallest absolute Gasteiger partial charge is 0.167 e. The van der Waals surface area contributed by atoms with Gasteiger partial charge in [0.2, 0.25) is 0 Å². The molecule has 19 heavy (non-hydrogen) atoms. The summed E-state index contributed by atoms with van der Waals surface area (Å²) in [4.78, 5) is 12.5. The summed E-state index contributed by atoms with van der Waals surface area (Å²) in [5.74, 6) is 1.08. The van der Waals surface area contributed by atoms with Gasteiger partial charge in [-0.3, -0.25) is 4.79 Å². The van der Waals surface area contributed by atoms with Gasteiger partial charge < -0.3 is 0 Å². The number of pyridine rings is 1. The highest BCUT2D eigenvalue weighted by atomic mass is 16.1. The Kier molecular flexibility index (Phi) is 4.03. The summed E-state index contributed by atoms with van der Waals surface area (Å²) in [7, 11) is 0. The second-order valence-electron chi connectivity index (χ2n) is 5.97. The average molecular weight is 258 g/mol. The van der Waals surface area contributed by atoms with Crippen molar-refractivity contribution in [1.82, 2.24) is 9.61 Å². The lowest BCUT2D eigenvalue weighted by Gasteiger charge is -2.06. The fraction of sp³-hybridized carbons (Fsp3) is 0.500. The number of rotatable bonds is 5. The van der Waals surface area contributed by atoms with Gasteiger partial charge >= 0.3 is 0 Å². The van der Waals surface area contributed by atoms with E-state index in [1.807, 2.05) is 28.9 Å². The van der Waals surface area contributed by atoms with Gasteiger partial charge in [0.25, 0.3) is 0 Å². The highest BCUT2D eigenvalue weighted by Gasteiger charge is 2.20. The third kappa shape index (κ3) is 3.03. The molecule has 2 aromatic rings. The van der Waals surface area contributed by atoms with Gasteiger partial charge in [-0.1, -0.05) is 33.8 Å². The molecule has 2 aromatic heterocycles. The summed E-state index contributed by atoms with van der Waals surface area (Å²) in [5, 5.41) is 4.58. The Morgan fingerprint density at radius 3 is 2.58 bits per heavy atom. The van der Waals surface area contributed by atoms with Crippen LogP contribution in [0.15, 0.2) is 24.4 Å². The Morgan fingerprint density at radius 1 is 1.21 bits per heavy atom. The minimum Gasteiger partial charge on any atom is -0.294 e. The van der Waals surface area contributed by atoms with Gasteiger partial charge in [-0.05, 0) is 30.4 Å². The number of aromatic nitrogens is 2. The second-order valence-corrected chi connectivity index (χ2v) is 5.97. The summed E-state index contributed by atoms with van der Waals surface area (Å²) in [6.45, 7) is 8.46. The normalized spacial score (nSPS) is 11.7. The highest BCUT2D eigenvalue weighted by molar-refractivity contribution is 6.03. The first-order valence-electron chi connectivity index (χ1n) is 6.98. The van der Waals surface area contributed by atoms with Gasteiger partial charge in [-0.15, -0.1) is 0 Å². The zero-order valence-electron chi connectivity index (χ0n) is 12.2. The van der Waals surface area contributed by atoms with E-state index >= 15 is 0 Å². The molecule has 0 unspecified atom stereocenters. The first-order valence-corrected chi connectivity index (χ1v) is 6.98. The molecule has 0 aliphatic rings. The van der Waals surface area contributed by atoms with Crippen LogP contribution in [0, 0.1) is 11.8 Å². The van der Waals surface area contributed by atoms with Crippen LogP contribution in [-0.4, -0.2) is 15.4 Å². The summed E-state index contributed by atoms with van der Waals surface area (Å²) >= 11 is 0. The SMILES string of the molecule is CC(C)CC(=O)c1c(CC(C)C)nn2ccccc12. The minimum absolute atomic E-state index is 0.215. The molecule has 0 radical (unpaired) electrons. The molecule has 0 N–H and O–H groups in total. The van der Waals surface area contributed by atoms with Crippen LogP contribution < -0.4 is 0 Å². The first kappa shape index (κ1) is 13.8. The van der Waals surface area contributed by atoms with E-state index in [1.54, 1.807) is 0 Å². The lowest BCUT2D eigenvalue weighted by Crippen LogP contribution is -2.07. The number of Topliss-reactive ketones (excluding diaryl/α,β-unsaturated/α-hetero) is 1. The number of fused-ring (bicyclic) bond motifs is 1. The van der Waals surface area contributed by atoms with Gasteiger partial charge in [0.05, 0.1) is 16.8 Å². The van der Waals surface area contributed by atoms with Gasteiger partial charge in [-0.25, -0.2) is 4.52 Å². The van der Waals surface area contributed by atoms with Crippen molar-refractivity contribution in [3.8, 4) is 0 Å². The van der Waals surface area contributed by atoms with Gasteiger partial charge in [0.15, 0.2) is 5.78 Å². The van der Waals surface area contributed by atoms with Crippen LogP contribution in [0.4, 0.5) is 0 Å². The molecule has 102 valence electrons. The van der Waals surface area contributed by atoms with E-state index in [4.69, 9.17) is 0 Å². The monoisotopic (exact) mass is 258 g/mol. The van der Waals surface area contributed by atoms with Crippen molar-refractivity contribution in [2.75, 3.05) is 0 Å². The third-order valence-corrected chi connectivity index (χ3v) is 3.09. The van der Waals surface area contributed by atoms with Crippen LogP contribution in [0.3, 0.4) is 0 Å². The summed E-state index contributed by atoms with van der Waals surface area (Å²) in [5.41, 5.74) is 2.69. The molecule has 2 rings (SSSR count). The summed E-state index contributed by atoms with van der Waals surface area (Å²) in [6, 6.07) is 5.88. The minimum atomic E-state index is 0.215. The van der Waals surface area contributed by atoms with Gasteiger partial charge in [0, 0.05) is 12.6 Å². The lowest BCUT2D eigenvalue weighted by molar-refractivity contribution is 0.0968. The molecular formula is C16H22N2O. The molecule has 3 nitrogen and oxygen atoms in total. The van der Waals surface area contributed by atoms with E-state index in [-0.39, 0.29) is 5.78 Å². The van der Waals surface area contributed by atoms with Gasteiger partial charge in [0.1, 0.15) is 0 Å². The molecular weight excluding hydrogens is 236 g/mol. The van der Waals surface area contributed by atoms with E-state index in [0.29, 0.717) is 18.3 Å². The zero-order valence-corrected chi connectivity index (χ0v) is 12.2. The quantitative estimate of drug-likeness (QED) is 0.765. The number of hydrogen-bond donors (Lipinski definition) is 0. The standard InChI is InChI=1S/C16H22N2O/c1-11(2)9-13-16(15(19)10-12(3)4)14-7-5-6-8-18(14)17-13/h5-8,11-12H,9-10H2,1-4H3. The topological polar surface area (TPSA) is 34.4 Å². The van der Waals surface area contributed by atoms with Crippen molar-refractivity contribution in [1.29, 1.82) is 0 Å². The molecule has 0 amide bonds. The molecule has 0 aromatic carbocycles. The fourth-order valence-electron chi connectivity index (χ4n) is 2.35. The largest absolute Gasteiger partial charge is 0.294 e. The van der Waals surface area contributed by atoms with E-state index in [2.05, 4.69) is 32.8 Å². The van der Waals surface area contributed by atoms with Crippen LogP contribution in [0.2, 0.25) is 0 Å². The van der Waals surface area contributed by atoms with Crippen molar-refractivity contribution in [2.24, 2.45) is 11.8 Å². The predicted octanol–water partition coefficient (Wildman–Crippen LogP) is 3.76. The van der Waals surface area contributed by atoms with Crippen molar-refractivity contribution in [3.05, 3.63) is 35.7 Å². The van der Waals surface area contributed by atoms with E-state index in [0.717, 1.165) is 23.2 Å².